The third-order valence-corrected chi connectivity index (χ3v) is 3.62. The van der Waals surface area contributed by atoms with E-state index in [9.17, 15) is 4.79 Å². The molecule has 0 saturated carbocycles. The van der Waals surface area contributed by atoms with E-state index in [0.29, 0.717) is 11.4 Å². The van der Waals surface area contributed by atoms with Crippen LogP contribution in [0.3, 0.4) is 0 Å². The lowest BCUT2D eigenvalue weighted by molar-refractivity contribution is 0.0736. The number of rotatable bonds is 5. The van der Waals surface area contributed by atoms with Gasteiger partial charge in [0.1, 0.15) is 0 Å². The van der Waals surface area contributed by atoms with Gasteiger partial charge in [-0.2, -0.15) is 0 Å². The van der Waals surface area contributed by atoms with Gasteiger partial charge < -0.3 is 4.90 Å². The van der Waals surface area contributed by atoms with Crippen LogP contribution in [0.4, 0.5) is 0 Å². The smallest absolute Gasteiger partial charge is 0.256 e. The molecule has 1 amide bonds. The third kappa shape index (κ3) is 3.66. The van der Waals surface area contributed by atoms with Crippen molar-refractivity contribution in [3.05, 3.63) is 48.3 Å². The van der Waals surface area contributed by atoms with Crippen molar-refractivity contribution < 1.29 is 4.79 Å². The van der Waals surface area contributed by atoms with Crippen LogP contribution in [0.5, 0.6) is 0 Å². The van der Waals surface area contributed by atoms with Crippen LogP contribution in [0.25, 0.3) is 11.4 Å². The molecule has 2 rings (SSSR count). The van der Waals surface area contributed by atoms with E-state index in [-0.39, 0.29) is 11.9 Å². The van der Waals surface area contributed by atoms with Gasteiger partial charge in [0.15, 0.2) is 5.82 Å². The number of carbonyl (C=O) groups is 1. The van der Waals surface area contributed by atoms with E-state index < -0.39 is 0 Å². The lowest BCUT2D eigenvalue weighted by atomic mass is 10.1. The molecule has 0 bridgehead atoms. The van der Waals surface area contributed by atoms with E-state index in [2.05, 4.69) is 23.8 Å². The Bertz CT molecular complexity index is 581. The molecule has 0 N–H and O–H groups in total. The van der Waals surface area contributed by atoms with E-state index in [1.165, 1.54) is 0 Å². The fourth-order valence-corrected chi connectivity index (χ4v) is 2.19. The summed E-state index contributed by atoms with van der Waals surface area (Å²) in [5, 5.41) is 0. The summed E-state index contributed by atoms with van der Waals surface area (Å²) in [7, 11) is 1.83. The topological polar surface area (TPSA) is 46.1 Å². The minimum Gasteiger partial charge on any atom is -0.339 e. The molecule has 0 radical (unpaired) electrons. The van der Waals surface area contributed by atoms with Crippen molar-refractivity contribution in [3.63, 3.8) is 0 Å². The maximum Gasteiger partial charge on any atom is 0.256 e. The van der Waals surface area contributed by atoms with Crippen LogP contribution in [-0.2, 0) is 0 Å². The Morgan fingerprint density at radius 2 is 1.81 bits per heavy atom. The molecule has 4 heteroatoms. The van der Waals surface area contributed by atoms with Gasteiger partial charge in [0.2, 0.25) is 0 Å². The minimum atomic E-state index is -0.0319. The molecule has 2 aromatic rings. The Morgan fingerprint density at radius 1 is 1.19 bits per heavy atom. The SMILES string of the molecule is CCC[C@@H](C)N(C)C(=O)c1cnc(-c2ccccc2)nc1. The van der Waals surface area contributed by atoms with Crippen LogP contribution in [0.2, 0.25) is 0 Å². The molecule has 110 valence electrons. The zero-order chi connectivity index (χ0) is 15.2. The summed E-state index contributed by atoms with van der Waals surface area (Å²) in [6, 6.07) is 9.95. The molecule has 0 spiro atoms. The van der Waals surface area contributed by atoms with Crippen LogP contribution >= 0.6 is 0 Å². The van der Waals surface area contributed by atoms with Crippen molar-refractivity contribution in [2.75, 3.05) is 7.05 Å². The Balaban J connectivity index is 2.14. The lowest BCUT2D eigenvalue weighted by Gasteiger charge is -2.24. The number of benzene rings is 1. The van der Waals surface area contributed by atoms with Gasteiger partial charge in [-0.15, -0.1) is 0 Å². The van der Waals surface area contributed by atoms with Crippen LogP contribution in [0, 0.1) is 0 Å². The number of hydrogen-bond donors (Lipinski definition) is 0. The molecule has 21 heavy (non-hydrogen) atoms. The van der Waals surface area contributed by atoms with Gasteiger partial charge >= 0.3 is 0 Å². The van der Waals surface area contributed by atoms with Gasteiger partial charge in [-0.05, 0) is 13.3 Å². The molecular formula is C17H21N3O. The second kappa shape index (κ2) is 6.97. The monoisotopic (exact) mass is 283 g/mol. The number of carbonyl (C=O) groups excluding carboxylic acids is 1. The molecule has 0 saturated heterocycles. The summed E-state index contributed by atoms with van der Waals surface area (Å²) in [6.45, 7) is 4.17. The van der Waals surface area contributed by atoms with Crippen molar-refractivity contribution in [3.8, 4) is 11.4 Å². The van der Waals surface area contributed by atoms with Crippen molar-refractivity contribution in [2.45, 2.75) is 32.7 Å². The van der Waals surface area contributed by atoms with E-state index in [4.69, 9.17) is 0 Å². The van der Waals surface area contributed by atoms with Crippen molar-refractivity contribution in [2.24, 2.45) is 0 Å². The lowest BCUT2D eigenvalue weighted by Crippen LogP contribution is -2.35. The molecule has 0 fully saturated rings. The van der Waals surface area contributed by atoms with Crippen LogP contribution in [0.15, 0.2) is 42.7 Å². The molecule has 0 aliphatic rings. The van der Waals surface area contributed by atoms with Gasteiger partial charge in [-0.1, -0.05) is 43.7 Å². The Morgan fingerprint density at radius 3 is 2.38 bits per heavy atom. The largest absolute Gasteiger partial charge is 0.339 e. The summed E-state index contributed by atoms with van der Waals surface area (Å²) in [5.74, 6) is 0.604. The van der Waals surface area contributed by atoms with Gasteiger partial charge in [-0.25, -0.2) is 9.97 Å². The van der Waals surface area contributed by atoms with Crippen molar-refractivity contribution >= 4 is 5.91 Å². The number of hydrogen-bond acceptors (Lipinski definition) is 3. The predicted molar refractivity (Wildman–Crippen MR) is 83.9 cm³/mol. The number of amides is 1. The molecule has 0 aliphatic carbocycles. The second-order valence-corrected chi connectivity index (χ2v) is 5.22. The molecule has 0 unspecified atom stereocenters. The van der Waals surface area contributed by atoms with E-state index in [1.54, 1.807) is 17.3 Å². The molecule has 1 aromatic carbocycles. The molecule has 1 atom stereocenters. The Labute approximate surface area is 125 Å². The van der Waals surface area contributed by atoms with E-state index in [0.717, 1.165) is 18.4 Å². The molecular weight excluding hydrogens is 262 g/mol. The quantitative estimate of drug-likeness (QED) is 0.844. The predicted octanol–water partition coefficient (Wildman–Crippen LogP) is 3.40. The summed E-state index contributed by atoms with van der Waals surface area (Å²) >= 11 is 0. The van der Waals surface area contributed by atoms with Crippen molar-refractivity contribution in [1.82, 2.24) is 14.9 Å². The molecule has 0 aliphatic heterocycles. The van der Waals surface area contributed by atoms with Gasteiger partial charge in [-0.3, -0.25) is 4.79 Å². The average molecular weight is 283 g/mol. The zero-order valence-corrected chi connectivity index (χ0v) is 12.8. The zero-order valence-electron chi connectivity index (χ0n) is 12.8. The van der Waals surface area contributed by atoms with Gasteiger partial charge in [0, 0.05) is 31.0 Å². The van der Waals surface area contributed by atoms with Crippen LogP contribution in [0.1, 0.15) is 37.0 Å². The third-order valence-electron chi connectivity index (χ3n) is 3.62. The second-order valence-electron chi connectivity index (χ2n) is 5.22. The number of nitrogens with zero attached hydrogens (tertiary/aromatic N) is 3. The Kier molecular flexibility index (Phi) is 5.04. The summed E-state index contributed by atoms with van der Waals surface area (Å²) < 4.78 is 0. The standard InChI is InChI=1S/C17H21N3O/c1-4-8-13(2)20(3)17(21)15-11-18-16(19-12-15)14-9-6-5-7-10-14/h5-7,9-13H,4,8H2,1-3H3/t13-/m1/s1. The fourth-order valence-electron chi connectivity index (χ4n) is 2.19. The molecule has 1 heterocycles. The van der Waals surface area contributed by atoms with Crippen LogP contribution < -0.4 is 0 Å². The van der Waals surface area contributed by atoms with Crippen molar-refractivity contribution in [1.29, 1.82) is 0 Å². The fraction of sp³-hybridized carbons (Fsp3) is 0.353. The van der Waals surface area contributed by atoms with Gasteiger partial charge in [0.05, 0.1) is 5.56 Å². The average Bonchev–Trinajstić information content (AvgIpc) is 2.54. The normalized spacial score (nSPS) is 12.0. The first kappa shape index (κ1) is 15.2. The molecule has 1 aromatic heterocycles. The highest BCUT2D eigenvalue weighted by Crippen LogP contribution is 2.14. The highest BCUT2D eigenvalue weighted by atomic mass is 16.2. The minimum absolute atomic E-state index is 0.0319. The maximum atomic E-state index is 12.4. The van der Waals surface area contributed by atoms with Gasteiger partial charge in [0.25, 0.3) is 5.91 Å². The highest BCUT2D eigenvalue weighted by Gasteiger charge is 2.17. The first-order valence-electron chi connectivity index (χ1n) is 7.28. The molecule has 4 nitrogen and oxygen atoms in total. The summed E-state index contributed by atoms with van der Waals surface area (Å²) in [4.78, 5) is 22.7. The van der Waals surface area contributed by atoms with Crippen LogP contribution in [-0.4, -0.2) is 33.9 Å². The van der Waals surface area contributed by atoms with E-state index in [1.807, 2.05) is 37.4 Å². The number of aromatic nitrogens is 2. The first-order chi connectivity index (χ1) is 10.1. The maximum absolute atomic E-state index is 12.4. The summed E-state index contributed by atoms with van der Waals surface area (Å²) in [5.41, 5.74) is 1.48. The summed E-state index contributed by atoms with van der Waals surface area (Å²) in [6.07, 6.45) is 5.26. The first-order valence-corrected chi connectivity index (χ1v) is 7.28. The highest BCUT2D eigenvalue weighted by molar-refractivity contribution is 5.93. The Hall–Kier alpha value is -2.23. The van der Waals surface area contributed by atoms with E-state index >= 15 is 0 Å².